The Hall–Kier alpha value is -5.15. The lowest BCUT2D eigenvalue weighted by Crippen LogP contribution is -2.12. The highest BCUT2D eigenvalue weighted by Crippen LogP contribution is 2.42. The second kappa shape index (κ2) is 22.7. The molecule has 0 bridgehead atoms. The SMILES string of the molecule is CC(=O)Nc1cc(/N=N/c2cc(/N=N/c3ccc(S(=O)(=O)CCOSOOO)cc3S(=O)(=O)O)c(O)cc2O)c(S(=O)(=O)O)cc1/N=N/c1ccc(S(=O)(=O)CCOSOOO)cc1. The highest BCUT2D eigenvalue weighted by molar-refractivity contribution is 7.92. The van der Waals surface area contributed by atoms with Crippen LogP contribution in [0.3, 0.4) is 0 Å². The summed E-state index contributed by atoms with van der Waals surface area (Å²) in [6, 6.07) is 10.3. The van der Waals surface area contributed by atoms with Gasteiger partial charge in [0.15, 0.2) is 44.3 Å². The first-order chi connectivity index (χ1) is 30.1. The van der Waals surface area contributed by atoms with Crippen molar-refractivity contribution in [3.8, 4) is 11.5 Å². The molecule has 0 unspecified atom stereocenters. The molecule has 346 valence electrons. The van der Waals surface area contributed by atoms with Gasteiger partial charge >= 0.3 is 0 Å². The highest BCUT2D eigenvalue weighted by Gasteiger charge is 2.24. The molecule has 0 radical (unpaired) electrons. The smallest absolute Gasteiger partial charge is 0.296 e. The van der Waals surface area contributed by atoms with Gasteiger partial charge in [-0.15, -0.1) is 34.2 Å². The monoisotopic (exact) mass is 1010 g/mol. The minimum absolute atomic E-state index is 0.0416. The average Bonchev–Trinajstić information content (AvgIpc) is 3.21. The highest BCUT2D eigenvalue weighted by atomic mass is 32.2. The van der Waals surface area contributed by atoms with Crippen LogP contribution in [0.4, 0.5) is 39.8 Å². The first kappa shape index (κ1) is 51.5. The minimum Gasteiger partial charge on any atom is -0.505 e. The number of azo groups is 3. The van der Waals surface area contributed by atoms with Crippen LogP contribution in [0.2, 0.25) is 0 Å². The number of phenolic OH excluding ortho intramolecular Hbond substituents is 2. The van der Waals surface area contributed by atoms with E-state index in [2.05, 4.69) is 54.7 Å². The summed E-state index contributed by atoms with van der Waals surface area (Å²) in [4.78, 5) is 9.35. The molecule has 1 amide bonds. The lowest BCUT2D eigenvalue weighted by atomic mass is 10.2. The summed E-state index contributed by atoms with van der Waals surface area (Å²) >= 11 is 0.281. The van der Waals surface area contributed by atoms with Crippen LogP contribution in [-0.2, 0) is 71.8 Å². The Morgan fingerprint density at radius 2 is 1.05 bits per heavy atom. The van der Waals surface area contributed by atoms with E-state index in [1.165, 1.54) is 24.3 Å². The van der Waals surface area contributed by atoms with Crippen LogP contribution in [0.5, 0.6) is 11.5 Å². The molecule has 4 aromatic rings. The van der Waals surface area contributed by atoms with Gasteiger partial charge in [0.25, 0.3) is 20.2 Å². The Bertz CT molecular complexity index is 2880. The molecule has 4 aromatic carbocycles. The fourth-order valence-electron chi connectivity index (χ4n) is 4.61. The van der Waals surface area contributed by atoms with Crippen LogP contribution in [0.1, 0.15) is 6.92 Å². The first-order valence-corrected chi connectivity index (χ1v) is 24.0. The Balaban J connectivity index is 1.66. The molecule has 0 fully saturated rings. The van der Waals surface area contributed by atoms with E-state index in [-0.39, 0.29) is 53.2 Å². The molecular weight excluding hydrogens is 987 g/mol. The number of nitrogens with one attached hydrogen (secondary N) is 1. The van der Waals surface area contributed by atoms with E-state index in [4.69, 9.17) is 18.9 Å². The number of aromatic hydroxyl groups is 2. The van der Waals surface area contributed by atoms with Crippen LogP contribution in [0.15, 0.2) is 117 Å². The lowest BCUT2D eigenvalue weighted by molar-refractivity contribution is -0.434. The number of carbonyl (C=O) groups is 1. The first-order valence-electron chi connectivity index (χ1n) is 16.5. The van der Waals surface area contributed by atoms with Crippen molar-refractivity contribution in [1.82, 2.24) is 0 Å². The van der Waals surface area contributed by atoms with E-state index < -0.39 is 113 Å². The number of carbonyl (C=O) groups excluding carboxylic acids is 1. The lowest BCUT2D eigenvalue weighted by Gasteiger charge is -2.10. The minimum atomic E-state index is -5.17. The van der Waals surface area contributed by atoms with Gasteiger partial charge in [-0.25, -0.2) is 27.4 Å². The van der Waals surface area contributed by atoms with Crippen molar-refractivity contribution in [3.05, 3.63) is 66.7 Å². The topological polar surface area (TPSA) is 417 Å². The molecule has 34 heteroatoms. The maximum atomic E-state index is 12.7. The van der Waals surface area contributed by atoms with Crippen molar-refractivity contribution in [2.75, 3.05) is 30.0 Å². The fourth-order valence-corrected chi connectivity index (χ4v) is 8.80. The van der Waals surface area contributed by atoms with Gasteiger partial charge in [0.05, 0.1) is 45.9 Å². The maximum Gasteiger partial charge on any atom is 0.296 e. The van der Waals surface area contributed by atoms with Crippen LogP contribution >= 0.6 is 24.6 Å². The van der Waals surface area contributed by atoms with E-state index in [9.17, 15) is 57.8 Å². The number of benzene rings is 4. The van der Waals surface area contributed by atoms with Crippen LogP contribution < -0.4 is 5.32 Å². The summed E-state index contributed by atoms with van der Waals surface area (Å²) in [5.74, 6) is -3.51. The molecule has 0 aliphatic rings. The molecule has 0 aromatic heterocycles. The van der Waals surface area contributed by atoms with Crippen LogP contribution in [-0.4, -0.2) is 94.1 Å². The number of phenols is 2. The van der Waals surface area contributed by atoms with Gasteiger partial charge in [0.2, 0.25) is 5.91 Å². The zero-order chi connectivity index (χ0) is 47.3. The van der Waals surface area contributed by atoms with Gasteiger partial charge in [0, 0.05) is 19.1 Å². The molecule has 0 saturated carbocycles. The van der Waals surface area contributed by atoms with Gasteiger partial charge in [0.1, 0.15) is 49.7 Å². The number of anilines is 1. The summed E-state index contributed by atoms with van der Waals surface area (Å²) in [6.45, 7) is 0.206. The molecule has 28 nitrogen and oxygen atoms in total. The van der Waals surface area contributed by atoms with Crippen molar-refractivity contribution < 1.29 is 95.4 Å². The number of nitrogens with zero attached hydrogens (tertiary/aromatic N) is 6. The van der Waals surface area contributed by atoms with Gasteiger partial charge in [-0.1, -0.05) is 10.1 Å². The molecule has 0 spiro atoms. The van der Waals surface area contributed by atoms with E-state index >= 15 is 0 Å². The Labute approximate surface area is 369 Å². The predicted molar refractivity (Wildman–Crippen MR) is 216 cm³/mol. The summed E-state index contributed by atoms with van der Waals surface area (Å²) < 4.78 is 137. The Morgan fingerprint density at radius 3 is 1.56 bits per heavy atom. The van der Waals surface area contributed by atoms with Gasteiger partial charge in [-0.2, -0.15) is 21.9 Å². The van der Waals surface area contributed by atoms with Crippen molar-refractivity contribution in [2.45, 2.75) is 26.5 Å². The van der Waals surface area contributed by atoms with Crippen molar-refractivity contribution in [2.24, 2.45) is 30.7 Å². The second-order valence-electron chi connectivity index (χ2n) is 11.7. The number of amides is 1. The summed E-state index contributed by atoms with van der Waals surface area (Å²) in [5, 5.41) is 68.7. The standard InChI is InChI=1S/C30H29N7O21S6/c1-17(38)31-22-13-26(30(64(50,51)52)15-23(22)34-32-18-2-4-19(5-3-18)61(43,44)10-8-53-59-57-55-41)37-36-25-14-24(27(39)16-28(25)40)35-33-21-7-6-20(12-29(21)63(47,48)49)62(45,46)11-9-54-60-58-56-42/h2-7,12-16,39-42H,8-11H2,1H3,(H,31,38)(H,47,48,49)(H,50,51,52)/b34-32+,35-33+,37-36+. The summed E-state index contributed by atoms with van der Waals surface area (Å²) in [7, 11) is -18.5. The Morgan fingerprint density at radius 1 is 0.578 bits per heavy atom. The van der Waals surface area contributed by atoms with Crippen molar-refractivity contribution in [3.63, 3.8) is 0 Å². The van der Waals surface area contributed by atoms with E-state index in [1.54, 1.807) is 0 Å². The average molecular weight is 1020 g/mol. The third kappa shape index (κ3) is 15.0. The fraction of sp³-hybridized carbons (Fsp3) is 0.167. The molecule has 0 aliphatic heterocycles. The van der Waals surface area contributed by atoms with E-state index in [0.717, 1.165) is 37.3 Å². The number of sulfone groups is 2. The number of hydrogen-bond donors (Lipinski definition) is 7. The summed E-state index contributed by atoms with van der Waals surface area (Å²) in [5.41, 5.74) is -2.94. The Kier molecular flexibility index (Phi) is 18.2. The zero-order valence-corrected chi connectivity index (χ0v) is 36.5. The molecular formula is C30H29N7O21S6. The molecule has 64 heavy (non-hydrogen) atoms. The predicted octanol–water partition coefficient (Wildman–Crippen LogP) is 6.35. The zero-order valence-electron chi connectivity index (χ0n) is 31.6. The van der Waals surface area contributed by atoms with Gasteiger partial charge in [-0.05, 0) is 54.6 Å². The molecule has 0 aliphatic carbocycles. The molecule has 0 heterocycles. The molecule has 7 N–H and O–H groups in total. The van der Waals surface area contributed by atoms with Crippen LogP contribution in [0.25, 0.3) is 0 Å². The largest absolute Gasteiger partial charge is 0.505 e. The third-order valence-electron chi connectivity index (χ3n) is 7.39. The second-order valence-corrected chi connectivity index (χ2v) is 19.7. The van der Waals surface area contributed by atoms with E-state index in [1.807, 2.05) is 0 Å². The van der Waals surface area contributed by atoms with Crippen molar-refractivity contribution in [1.29, 1.82) is 0 Å². The summed E-state index contributed by atoms with van der Waals surface area (Å²) in [6.07, 6.45) is 0. The normalized spacial score (nSPS) is 12.8. The van der Waals surface area contributed by atoms with Crippen molar-refractivity contribution >= 4 is 110 Å². The third-order valence-corrected chi connectivity index (χ3v) is 13.3. The molecule has 0 atom stereocenters. The quantitative estimate of drug-likeness (QED) is 0.0106. The molecule has 4 rings (SSSR count). The van der Waals surface area contributed by atoms with E-state index in [0.29, 0.717) is 12.1 Å². The number of rotatable bonds is 23. The van der Waals surface area contributed by atoms with Gasteiger partial charge in [-0.3, -0.25) is 22.3 Å². The number of hydrogen-bond acceptors (Lipinski definition) is 27. The maximum absolute atomic E-state index is 12.7. The van der Waals surface area contributed by atoms with Crippen LogP contribution in [0, 0.1) is 0 Å². The molecule has 0 saturated heterocycles. The van der Waals surface area contributed by atoms with Gasteiger partial charge < -0.3 is 15.5 Å².